The third-order valence-corrected chi connectivity index (χ3v) is 5.41. The van der Waals surface area contributed by atoms with Gasteiger partial charge in [0.25, 0.3) is 0 Å². The Labute approximate surface area is 117 Å². The number of rotatable bonds is 3. The van der Waals surface area contributed by atoms with Crippen molar-refractivity contribution >= 4 is 33.4 Å². The first kappa shape index (κ1) is 14.4. The molecule has 7 heteroatoms. The Morgan fingerprint density at radius 1 is 1.47 bits per heavy atom. The normalized spacial score (nSPS) is 19.4. The van der Waals surface area contributed by atoms with Crippen LogP contribution in [0.3, 0.4) is 0 Å². The van der Waals surface area contributed by atoms with Gasteiger partial charge < -0.3 is 5.32 Å². The molecule has 0 radical (unpaired) electrons. The molecule has 1 saturated heterocycles. The maximum absolute atomic E-state index is 11.9. The highest BCUT2D eigenvalue weighted by Crippen LogP contribution is 2.27. The summed E-state index contributed by atoms with van der Waals surface area (Å²) in [5.41, 5.74) is 1.03. The number of hydrogen-bond acceptors (Lipinski definition) is 4. The second-order valence-corrected chi connectivity index (χ2v) is 7.36. The molecule has 1 atom stereocenters. The van der Waals surface area contributed by atoms with Gasteiger partial charge in [0.15, 0.2) is 0 Å². The van der Waals surface area contributed by atoms with Crippen LogP contribution in [0.1, 0.15) is 18.4 Å². The lowest BCUT2D eigenvalue weighted by Gasteiger charge is -2.11. The Balaban J connectivity index is 2.19. The molecular formula is C12H16N2O3S2. The Morgan fingerprint density at radius 2 is 2.21 bits per heavy atom. The molecule has 3 N–H and O–H groups in total. The van der Waals surface area contributed by atoms with E-state index < -0.39 is 10.0 Å². The largest absolute Gasteiger partial charge is 0.325 e. The number of anilines is 1. The van der Waals surface area contributed by atoms with Gasteiger partial charge >= 0.3 is 0 Å². The smallest absolute Gasteiger partial charge is 0.238 e. The molecule has 19 heavy (non-hydrogen) atoms. The number of nitrogens with one attached hydrogen (secondary N) is 1. The molecule has 1 aliphatic rings. The summed E-state index contributed by atoms with van der Waals surface area (Å²) in [5.74, 6) is 0.917. The van der Waals surface area contributed by atoms with Crippen LogP contribution >= 0.6 is 11.8 Å². The molecule has 1 aromatic carbocycles. The van der Waals surface area contributed by atoms with E-state index in [1.54, 1.807) is 30.8 Å². The van der Waals surface area contributed by atoms with Gasteiger partial charge in [-0.3, -0.25) is 4.79 Å². The number of carbonyl (C=O) groups is 1. The van der Waals surface area contributed by atoms with Crippen LogP contribution in [0, 0.1) is 6.92 Å². The van der Waals surface area contributed by atoms with Crippen molar-refractivity contribution in [3.8, 4) is 0 Å². The van der Waals surface area contributed by atoms with Crippen molar-refractivity contribution in [2.75, 3.05) is 11.1 Å². The second kappa shape index (κ2) is 5.52. The highest BCUT2D eigenvalue weighted by atomic mass is 32.2. The van der Waals surface area contributed by atoms with Gasteiger partial charge in [-0.1, -0.05) is 6.07 Å². The summed E-state index contributed by atoms with van der Waals surface area (Å²) in [4.78, 5) is 12.0. The van der Waals surface area contributed by atoms with Crippen molar-refractivity contribution in [3.63, 3.8) is 0 Å². The third kappa shape index (κ3) is 3.49. The van der Waals surface area contributed by atoms with E-state index in [0.717, 1.165) is 18.6 Å². The molecule has 1 aliphatic heterocycles. The molecule has 1 amide bonds. The number of sulfonamides is 1. The highest BCUT2D eigenvalue weighted by Gasteiger charge is 2.23. The molecular weight excluding hydrogens is 284 g/mol. The van der Waals surface area contributed by atoms with Gasteiger partial charge in [0.1, 0.15) is 0 Å². The summed E-state index contributed by atoms with van der Waals surface area (Å²) in [6.07, 6.45) is 1.91. The minimum absolute atomic E-state index is 0.0424. The SMILES string of the molecule is Cc1ccc(NC(=O)C2CCCS2)cc1S(N)(=O)=O. The zero-order chi connectivity index (χ0) is 14.0. The van der Waals surface area contributed by atoms with Crippen molar-refractivity contribution in [1.29, 1.82) is 0 Å². The van der Waals surface area contributed by atoms with E-state index >= 15 is 0 Å². The highest BCUT2D eigenvalue weighted by molar-refractivity contribution is 8.00. The van der Waals surface area contributed by atoms with E-state index in [2.05, 4.69) is 5.32 Å². The Hall–Kier alpha value is -1.05. The number of aryl methyl sites for hydroxylation is 1. The first-order valence-corrected chi connectivity index (χ1v) is 8.53. The van der Waals surface area contributed by atoms with E-state index in [-0.39, 0.29) is 16.1 Å². The fourth-order valence-electron chi connectivity index (χ4n) is 1.99. The van der Waals surface area contributed by atoms with Gasteiger partial charge in [0.05, 0.1) is 10.1 Å². The molecule has 0 aliphatic carbocycles. The summed E-state index contributed by atoms with van der Waals surface area (Å²) in [7, 11) is -3.77. The molecule has 5 nitrogen and oxygen atoms in total. The molecule has 1 aromatic rings. The number of benzene rings is 1. The average molecular weight is 300 g/mol. The quantitative estimate of drug-likeness (QED) is 0.884. The van der Waals surface area contributed by atoms with Crippen LogP contribution in [0.15, 0.2) is 23.1 Å². The zero-order valence-corrected chi connectivity index (χ0v) is 12.2. The Bertz CT molecular complexity index is 593. The van der Waals surface area contributed by atoms with E-state index in [1.807, 2.05) is 0 Å². The van der Waals surface area contributed by atoms with Crippen LogP contribution in [-0.2, 0) is 14.8 Å². The van der Waals surface area contributed by atoms with Crippen molar-refractivity contribution in [1.82, 2.24) is 0 Å². The van der Waals surface area contributed by atoms with Crippen molar-refractivity contribution in [2.24, 2.45) is 5.14 Å². The molecule has 2 rings (SSSR count). The molecule has 0 aromatic heterocycles. The fourth-order valence-corrected chi connectivity index (χ4v) is 3.96. The Morgan fingerprint density at radius 3 is 2.79 bits per heavy atom. The van der Waals surface area contributed by atoms with Crippen LogP contribution < -0.4 is 10.5 Å². The van der Waals surface area contributed by atoms with Crippen molar-refractivity contribution < 1.29 is 13.2 Å². The van der Waals surface area contributed by atoms with Crippen LogP contribution in [0.25, 0.3) is 0 Å². The number of amides is 1. The fraction of sp³-hybridized carbons (Fsp3) is 0.417. The van der Waals surface area contributed by atoms with Crippen molar-refractivity contribution in [3.05, 3.63) is 23.8 Å². The maximum Gasteiger partial charge on any atom is 0.238 e. The summed E-state index contributed by atoms with van der Waals surface area (Å²) >= 11 is 1.63. The molecule has 0 spiro atoms. The number of carbonyl (C=O) groups excluding carboxylic acids is 1. The maximum atomic E-state index is 11.9. The van der Waals surface area contributed by atoms with Gasteiger partial charge in [0, 0.05) is 5.69 Å². The predicted octanol–water partition coefficient (Wildman–Crippen LogP) is 1.48. The molecule has 104 valence electrons. The summed E-state index contributed by atoms with van der Waals surface area (Å²) in [6, 6.07) is 4.72. The predicted molar refractivity (Wildman–Crippen MR) is 76.7 cm³/mol. The summed E-state index contributed by atoms with van der Waals surface area (Å²) < 4.78 is 22.8. The molecule has 0 saturated carbocycles. The van der Waals surface area contributed by atoms with Gasteiger partial charge in [-0.25, -0.2) is 13.6 Å². The van der Waals surface area contributed by atoms with Gasteiger partial charge in [-0.15, -0.1) is 11.8 Å². The average Bonchev–Trinajstić information content (AvgIpc) is 2.83. The zero-order valence-electron chi connectivity index (χ0n) is 10.5. The van der Waals surface area contributed by atoms with E-state index in [1.165, 1.54) is 6.07 Å². The van der Waals surface area contributed by atoms with E-state index in [0.29, 0.717) is 11.3 Å². The van der Waals surface area contributed by atoms with Crippen LogP contribution in [0.5, 0.6) is 0 Å². The van der Waals surface area contributed by atoms with Crippen LogP contribution in [0.4, 0.5) is 5.69 Å². The number of nitrogens with two attached hydrogens (primary N) is 1. The third-order valence-electron chi connectivity index (χ3n) is 2.98. The first-order valence-electron chi connectivity index (χ1n) is 5.94. The monoisotopic (exact) mass is 300 g/mol. The van der Waals surface area contributed by atoms with Crippen LogP contribution in [0.2, 0.25) is 0 Å². The number of hydrogen-bond donors (Lipinski definition) is 2. The lowest BCUT2D eigenvalue weighted by Crippen LogP contribution is -2.23. The second-order valence-electron chi connectivity index (χ2n) is 4.52. The Kier molecular flexibility index (Phi) is 4.17. The molecule has 0 bridgehead atoms. The standard InChI is InChI=1S/C12H16N2O3S2/c1-8-4-5-9(7-11(8)19(13,16)17)14-12(15)10-3-2-6-18-10/h4-5,7,10H,2-3,6H2,1H3,(H,14,15)(H2,13,16,17). The van der Waals surface area contributed by atoms with Crippen LogP contribution in [-0.4, -0.2) is 25.3 Å². The minimum atomic E-state index is -3.77. The lowest BCUT2D eigenvalue weighted by atomic mass is 10.2. The summed E-state index contributed by atoms with van der Waals surface area (Å²) in [5, 5.41) is 7.84. The summed E-state index contributed by atoms with van der Waals surface area (Å²) in [6.45, 7) is 1.66. The first-order chi connectivity index (χ1) is 8.88. The lowest BCUT2D eigenvalue weighted by molar-refractivity contribution is -0.115. The number of primary sulfonamides is 1. The minimum Gasteiger partial charge on any atom is -0.325 e. The van der Waals surface area contributed by atoms with E-state index in [4.69, 9.17) is 5.14 Å². The van der Waals surface area contributed by atoms with E-state index in [9.17, 15) is 13.2 Å². The van der Waals surface area contributed by atoms with Gasteiger partial charge in [0.2, 0.25) is 15.9 Å². The molecule has 1 unspecified atom stereocenters. The van der Waals surface area contributed by atoms with Crippen molar-refractivity contribution in [2.45, 2.75) is 29.9 Å². The molecule has 1 fully saturated rings. The molecule has 1 heterocycles. The van der Waals surface area contributed by atoms with Gasteiger partial charge in [-0.2, -0.15) is 0 Å². The van der Waals surface area contributed by atoms with Gasteiger partial charge in [-0.05, 0) is 43.2 Å². The number of thioether (sulfide) groups is 1. The topological polar surface area (TPSA) is 89.3 Å².